The minimum absolute atomic E-state index is 0.0343. The van der Waals surface area contributed by atoms with Gasteiger partial charge in [0, 0.05) is 29.9 Å². The third kappa shape index (κ3) is 7.48. The van der Waals surface area contributed by atoms with E-state index in [1.54, 1.807) is 30.3 Å². The number of rotatable bonds is 11. The van der Waals surface area contributed by atoms with Gasteiger partial charge in [0.2, 0.25) is 0 Å². The lowest BCUT2D eigenvalue weighted by Crippen LogP contribution is -2.31. The molecule has 180 valence electrons. The average Bonchev–Trinajstić information content (AvgIpc) is 2.75. The van der Waals surface area contributed by atoms with Gasteiger partial charge in [-0.2, -0.15) is 0 Å². The number of ether oxygens (including phenoxy) is 3. The molecule has 3 amide bonds. The zero-order chi connectivity index (χ0) is 24.4. The summed E-state index contributed by atoms with van der Waals surface area (Å²) in [6.07, 6.45) is 0. The van der Waals surface area contributed by atoms with Gasteiger partial charge in [0.05, 0.1) is 31.1 Å². The smallest absolute Gasteiger partial charge is 0.319 e. The summed E-state index contributed by atoms with van der Waals surface area (Å²) in [6, 6.07) is 7.91. The van der Waals surface area contributed by atoms with Gasteiger partial charge in [0.25, 0.3) is 5.91 Å². The third-order valence-electron chi connectivity index (χ3n) is 4.43. The average molecular weight is 459 g/mol. The van der Waals surface area contributed by atoms with Crippen molar-refractivity contribution >= 4 is 23.3 Å². The van der Waals surface area contributed by atoms with E-state index in [-0.39, 0.29) is 18.5 Å². The Morgan fingerprint density at radius 2 is 1.55 bits per heavy atom. The fourth-order valence-corrected chi connectivity index (χ4v) is 3.08. The Balaban J connectivity index is 2.14. The molecule has 0 aromatic heterocycles. The minimum Gasteiger partial charge on any atom is -0.493 e. The number of carbonyl (C=O) groups excluding carboxylic acids is 2. The lowest BCUT2D eigenvalue weighted by atomic mass is 10.1. The highest BCUT2D eigenvalue weighted by Gasteiger charge is 2.16. The van der Waals surface area contributed by atoms with Crippen LogP contribution in [0.4, 0.5) is 16.2 Å². The summed E-state index contributed by atoms with van der Waals surface area (Å²) < 4.78 is 16.8. The molecule has 0 aliphatic carbocycles. The van der Waals surface area contributed by atoms with Crippen LogP contribution < -0.4 is 35.9 Å². The van der Waals surface area contributed by atoms with E-state index in [0.717, 1.165) is 5.56 Å². The molecule has 0 saturated carbocycles. The maximum atomic E-state index is 12.6. The van der Waals surface area contributed by atoms with Crippen molar-refractivity contribution in [3.05, 3.63) is 41.5 Å². The molecule has 0 fully saturated rings. The standard InChI is InChI=1S/C24H34N4O5/c1-6-31-20-10-9-17(12-18(20)23(29)27-15(4)5)28-24(30)26-14-16-11-22(33-8-3)19(25)13-21(16)32-7-2/h9-13,15H,6-8,14,25H2,1-5H3,(H,27,29)(H2,26,28,30). The second-order valence-electron chi connectivity index (χ2n) is 7.44. The quantitative estimate of drug-likeness (QED) is 0.378. The van der Waals surface area contributed by atoms with Gasteiger partial charge >= 0.3 is 6.03 Å². The van der Waals surface area contributed by atoms with Crippen molar-refractivity contribution in [2.45, 2.75) is 47.2 Å². The number of amides is 3. The first-order valence-electron chi connectivity index (χ1n) is 11.1. The van der Waals surface area contributed by atoms with E-state index in [0.29, 0.717) is 54.0 Å². The van der Waals surface area contributed by atoms with E-state index in [1.165, 1.54) is 0 Å². The zero-order valence-corrected chi connectivity index (χ0v) is 19.9. The number of nitrogens with one attached hydrogen (secondary N) is 3. The number of urea groups is 1. The molecule has 9 heteroatoms. The van der Waals surface area contributed by atoms with Gasteiger partial charge in [-0.05, 0) is 58.9 Å². The molecule has 2 aromatic rings. The van der Waals surface area contributed by atoms with Crippen molar-refractivity contribution in [3.63, 3.8) is 0 Å². The second kappa shape index (κ2) is 12.4. The number of hydrogen-bond acceptors (Lipinski definition) is 6. The van der Waals surface area contributed by atoms with Crippen LogP contribution in [0.25, 0.3) is 0 Å². The van der Waals surface area contributed by atoms with Gasteiger partial charge in [0.15, 0.2) is 0 Å². The lowest BCUT2D eigenvalue weighted by Gasteiger charge is -2.16. The summed E-state index contributed by atoms with van der Waals surface area (Å²) in [6.45, 7) is 10.9. The van der Waals surface area contributed by atoms with Gasteiger partial charge in [-0.25, -0.2) is 4.79 Å². The van der Waals surface area contributed by atoms with Crippen LogP contribution in [0.3, 0.4) is 0 Å². The van der Waals surface area contributed by atoms with Crippen molar-refractivity contribution in [2.24, 2.45) is 0 Å². The monoisotopic (exact) mass is 458 g/mol. The molecule has 2 rings (SSSR count). The largest absolute Gasteiger partial charge is 0.493 e. The van der Waals surface area contributed by atoms with Crippen molar-refractivity contribution in [1.29, 1.82) is 0 Å². The Morgan fingerprint density at radius 1 is 0.909 bits per heavy atom. The minimum atomic E-state index is -0.438. The van der Waals surface area contributed by atoms with E-state index in [1.807, 2.05) is 34.6 Å². The zero-order valence-electron chi connectivity index (χ0n) is 19.9. The third-order valence-corrected chi connectivity index (χ3v) is 4.43. The Bertz CT molecular complexity index is 962. The summed E-state index contributed by atoms with van der Waals surface area (Å²) >= 11 is 0. The summed E-state index contributed by atoms with van der Waals surface area (Å²) in [7, 11) is 0. The first kappa shape index (κ1) is 25.6. The number of nitrogen functional groups attached to an aromatic ring is 1. The van der Waals surface area contributed by atoms with Gasteiger partial charge in [-0.1, -0.05) is 0 Å². The van der Waals surface area contributed by atoms with E-state index >= 15 is 0 Å². The van der Waals surface area contributed by atoms with Gasteiger partial charge in [-0.3, -0.25) is 4.79 Å². The van der Waals surface area contributed by atoms with Crippen LogP contribution in [-0.2, 0) is 6.54 Å². The number of benzene rings is 2. The second-order valence-corrected chi connectivity index (χ2v) is 7.44. The topological polar surface area (TPSA) is 124 Å². The first-order valence-corrected chi connectivity index (χ1v) is 11.1. The Kier molecular flexibility index (Phi) is 9.65. The van der Waals surface area contributed by atoms with Crippen LogP contribution >= 0.6 is 0 Å². The van der Waals surface area contributed by atoms with Crippen LogP contribution in [0.1, 0.15) is 50.5 Å². The molecular formula is C24H34N4O5. The normalized spacial score (nSPS) is 10.5. The van der Waals surface area contributed by atoms with Crippen LogP contribution in [0.5, 0.6) is 17.2 Å². The molecule has 0 spiro atoms. The molecular weight excluding hydrogens is 424 g/mol. The van der Waals surface area contributed by atoms with E-state index in [4.69, 9.17) is 19.9 Å². The predicted molar refractivity (Wildman–Crippen MR) is 129 cm³/mol. The van der Waals surface area contributed by atoms with Crippen molar-refractivity contribution in [3.8, 4) is 17.2 Å². The van der Waals surface area contributed by atoms with Gasteiger partial charge < -0.3 is 35.9 Å². The SMILES string of the molecule is CCOc1cc(CNC(=O)Nc2ccc(OCC)c(C(=O)NC(C)C)c2)c(OCC)cc1N. The molecule has 0 bridgehead atoms. The first-order chi connectivity index (χ1) is 15.8. The molecule has 0 aliphatic rings. The number of anilines is 2. The number of hydrogen-bond donors (Lipinski definition) is 4. The fourth-order valence-electron chi connectivity index (χ4n) is 3.08. The van der Waals surface area contributed by atoms with Crippen molar-refractivity contribution in [1.82, 2.24) is 10.6 Å². The molecule has 9 nitrogen and oxygen atoms in total. The molecule has 0 aliphatic heterocycles. The number of carbonyl (C=O) groups is 2. The van der Waals surface area contributed by atoms with Gasteiger partial charge in [0.1, 0.15) is 17.2 Å². The maximum Gasteiger partial charge on any atom is 0.319 e. The van der Waals surface area contributed by atoms with E-state index < -0.39 is 6.03 Å². The molecule has 5 N–H and O–H groups in total. The Labute approximate surface area is 195 Å². The van der Waals surface area contributed by atoms with Crippen molar-refractivity contribution in [2.75, 3.05) is 30.9 Å². The molecule has 0 unspecified atom stereocenters. The molecule has 0 radical (unpaired) electrons. The fraction of sp³-hybridized carbons (Fsp3) is 0.417. The summed E-state index contributed by atoms with van der Waals surface area (Å²) in [5, 5.41) is 8.39. The Morgan fingerprint density at radius 3 is 2.18 bits per heavy atom. The highest BCUT2D eigenvalue weighted by Crippen LogP contribution is 2.31. The highest BCUT2D eigenvalue weighted by molar-refractivity contribution is 5.99. The predicted octanol–water partition coefficient (Wildman–Crippen LogP) is 3.92. The van der Waals surface area contributed by atoms with Crippen LogP contribution in [0.15, 0.2) is 30.3 Å². The summed E-state index contributed by atoms with van der Waals surface area (Å²) in [4.78, 5) is 25.1. The highest BCUT2D eigenvalue weighted by atomic mass is 16.5. The molecule has 0 saturated heterocycles. The molecule has 0 atom stereocenters. The van der Waals surface area contributed by atoms with E-state index in [2.05, 4.69) is 16.0 Å². The van der Waals surface area contributed by atoms with E-state index in [9.17, 15) is 9.59 Å². The summed E-state index contributed by atoms with van der Waals surface area (Å²) in [5.41, 5.74) is 8.03. The van der Waals surface area contributed by atoms with Crippen LogP contribution in [-0.4, -0.2) is 37.8 Å². The van der Waals surface area contributed by atoms with Crippen LogP contribution in [0, 0.1) is 0 Å². The Hall–Kier alpha value is -3.62. The van der Waals surface area contributed by atoms with Gasteiger partial charge in [-0.15, -0.1) is 0 Å². The molecule has 2 aromatic carbocycles. The summed E-state index contributed by atoms with van der Waals surface area (Å²) in [5.74, 6) is 1.29. The number of nitrogens with two attached hydrogens (primary N) is 1. The maximum absolute atomic E-state index is 12.6. The lowest BCUT2D eigenvalue weighted by molar-refractivity contribution is 0.0939. The molecule has 0 heterocycles. The van der Waals surface area contributed by atoms with Crippen LogP contribution in [0.2, 0.25) is 0 Å². The van der Waals surface area contributed by atoms with Crippen molar-refractivity contribution < 1.29 is 23.8 Å². The molecule has 33 heavy (non-hydrogen) atoms.